The minimum absolute atomic E-state index is 0.0641. The first-order chi connectivity index (χ1) is 11.7. The van der Waals surface area contributed by atoms with Crippen molar-refractivity contribution in [2.24, 2.45) is 0 Å². The molecule has 5 heteroatoms. The summed E-state index contributed by atoms with van der Waals surface area (Å²) in [5.41, 5.74) is 4.89. The summed E-state index contributed by atoms with van der Waals surface area (Å²) in [5, 5.41) is 3.03. The number of rotatable bonds is 6. The monoisotopic (exact) mass is 341 g/mol. The van der Waals surface area contributed by atoms with Crippen molar-refractivity contribution in [3.05, 3.63) is 57.9 Å². The molecule has 0 aliphatic rings. The Bertz CT molecular complexity index is 790. The summed E-state index contributed by atoms with van der Waals surface area (Å²) >= 11 is 0. The summed E-state index contributed by atoms with van der Waals surface area (Å²) in [6.07, 6.45) is 0. The molecule has 2 rings (SSSR count). The minimum Gasteiger partial charge on any atom is -0.355 e. The number of carbonyl (C=O) groups is 2. The Morgan fingerprint density at radius 3 is 2.32 bits per heavy atom. The van der Waals surface area contributed by atoms with Crippen molar-refractivity contribution < 1.29 is 9.59 Å². The third kappa shape index (κ3) is 3.99. The highest BCUT2D eigenvalue weighted by molar-refractivity contribution is 6.02. The molecule has 0 fully saturated rings. The van der Waals surface area contributed by atoms with E-state index in [9.17, 15) is 9.59 Å². The number of nitrogens with zero attached hydrogens (tertiary/aromatic N) is 1. The summed E-state index contributed by atoms with van der Waals surface area (Å²) < 4.78 is 0. The molecule has 1 atom stereocenters. The van der Waals surface area contributed by atoms with Gasteiger partial charge < -0.3 is 15.2 Å². The number of Topliss-reactive ketones (excluding diaryl/α,β-unsaturated/α-hetero) is 1. The highest BCUT2D eigenvalue weighted by Gasteiger charge is 2.22. The lowest BCUT2D eigenvalue weighted by Crippen LogP contribution is -2.35. The largest absolute Gasteiger partial charge is 0.355 e. The van der Waals surface area contributed by atoms with Gasteiger partial charge in [-0.1, -0.05) is 24.3 Å². The smallest absolute Gasteiger partial charge is 0.253 e. The molecule has 1 aromatic carbocycles. The van der Waals surface area contributed by atoms with E-state index >= 15 is 0 Å². The van der Waals surface area contributed by atoms with Crippen molar-refractivity contribution in [3.8, 4) is 0 Å². The minimum atomic E-state index is -0.154. The van der Waals surface area contributed by atoms with E-state index in [0.717, 1.165) is 5.69 Å². The number of nitrogens with one attached hydrogen (secondary N) is 2. The fraction of sp³-hybridized carbons (Fsp3) is 0.400. The van der Waals surface area contributed by atoms with Gasteiger partial charge in [0.25, 0.3) is 5.91 Å². The normalized spacial score (nSPS) is 12.3. The average Bonchev–Trinajstić information content (AvgIpc) is 2.83. The zero-order chi connectivity index (χ0) is 18.7. The fourth-order valence-corrected chi connectivity index (χ4v) is 3.25. The lowest BCUT2D eigenvalue weighted by molar-refractivity contribution is 0.0940. The van der Waals surface area contributed by atoms with Crippen LogP contribution in [0.2, 0.25) is 0 Å². The van der Waals surface area contributed by atoms with Crippen LogP contribution >= 0.6 is 0 Å². The molecule has 0 saturated heterocycles. The maximum absolute atomic E-state index is 12.7. The molecule has 134 valence electrons. The summed E-state index contributed by atoms with van der Waals surface area (Å²) in [5.74, 6) is -0.218. The summed E-state index contributed by atoms with van der Waals surface area (Å²) in [6.45, 7) is 7.70. The van der Waals surface area contributed by atoms with Gasteiger partial charge in [-0.15, -0.1) is 0 Å². The number of benzene rings is 1. The molecule has 0 spiro atoms. The van der Waals surface area contributed by atoms with E-state index in [1.54, 1.807) is 6.92 Å². The third-order valence-electron chi connectivity index (χ3n) is 4.64. The predicted octanol–water partition coefficient (Wildman–Crippen LogP) is 3.18. The number of carbonyl (C=O) groups excluding carboxylic acids is 2. The fourth-order valence-electron chi connectivity index (χ4n) is 3.25. The quantitative estimate of drug-likeness (QED) is 0.793. The van der Waals surface area contributed by atoms with Crippen molar-refractivity contribution in [2.45, 2.75) is 33.7 Å². The Labute approximate surface area is 149 Å². The van der Waals surface area contributed by atoms with Crippen LogP contribution in [-0.4, -0.2) is 42.2 Å². The van der Waals surface area contributed by atoms with Gasteiger partial charge in [0, 0.05) is 19.2 Å². The van der Waals surface area contributed by atoms with Gasteiger partial charge in [0.15, 0.2) is 5.78 Å². The van der Waals surface area contributed by atoms with E-state index in [0.29, 0.717) is 23.4 Å². The number of aromatic amines is 1. The molecule has 1 aromatic heterocycles. The van der Waals surface area contributed by atoms with Crippen molar-refractivity contribution in [1.82, 2.24) is 15.2 Å². The predicted molar refractivity (Wildman–Crippen MR) is 100 cm³/mol. The van der Waals surface area contributed by atoms with Gasteiger partial charge >= 0.3 is 0 Å². The molecule has 0 saturated carbocycles. The topological polar surface area (TPSA) is 65.2 Å². The first-order valence-electron chi connectivity index (χ1n) is 8.44. The van der Waals surface area contributed by atoms with Gasteiger partial charge in [-0.25, -0.2) is 0 Å². The SMILES string of the molecule is CC(=O)c1[nH]c(C)c(C(=O)NCC(c2ccccc2C)N(C)C)c1C. The second-order valence-electron chi connectivity index (χ2n) is 6.73. The van der Waals surface area contributed by atoms with Crippen LogP contribution in [0.4, 0.5) is 0 Å². The molecule has 1 unspecified atom stereocenters. The van der Waals surface area contributed by atoms with Crippen molar-refractivity contribution in [1.29, 1.82) is 0 Å². The lowest BCUT2D eigenvalue weighted by Gasteiger charge is -2.26. The zero-order valence-electron chi connectivity index (χ0n) is 15.9. The maximum Gasteiger partial charge on any atom is 0.253 e. The Kier molecular flexibility index (Phi) is 5.80. The number of aromatic nitrogens is 1. The van der Waals surface area contributed by atoms with Crippen LogP contribution in [0.3, 0.4) is 0 Å². The lowest BCUT2D eigenvalue weighted by atomic mass is 10.00. The Hall–Kier alpha value is -2.40. The van der Waals surface area contributed by atoms with Gasteiger partial charge in [0.2, 0.25) is 0 Å². The van der Waals surface area contributed by atoms with E-state index in [1.165, 1.54) is 18.1 Å². The first-order valence-corrected chi connectivity index (χ1v) is 8.44. The first kappa shape index (κ1) is 18.9. The standard InChI is InChI=1S/C20H27N3O2/c1-12-9-7-8-10-16(12)17(23(5)6)11-21-20(25)18-13(2)19(15(4)24)22-14(18)3/h7-10,17,22H,11H2,1-6H3,(H,21,25). The number of hydrogen-bond acceptors (Lipinski definition) is 3. The molecular weight excluding hydrogens is 314 g/mol. The Morgan fingerprint density at radius 2 is 1.80 bits per heavy atom. The molecule has 25 heavy (non-hydrogen) atoms. The van der Waals surface area contributed by atoms with E-state index in [1.807, 2.05) is 33.2 Å². The van der Waals surface area contributed by atoms with Gasteiger partial charge in [0.05, 0.1) is 17.3 Å². The van der Waals surface area contributed by atoms with Gasteiger partial charge in [-0.2, -0.15) is 0 Å². The van der Waals surface area contributed by atoms with Crippen molar-refractivity contribution >= 4 is 11.7 Å². The van der Waals surface area contributed by atoms with E-state index in [2.05, 4.69) is 34.3 Å². The average molecular weight is 341 g/mol. The number of aryl methyl sites for hydroxylation is 2. The van der Waals surface area contributed by atoms with Crippen LogP contribution in [0.1, 0.15) is 56.2 Å². The van der Waals surface area contributed by atoms with E-state index in [-0.39, 0.29) is 17.7 Å². The van der Waals surface area contributed by atoms with E-state index < -0.39 is 0 Å². The van der Waals surface area contributed by atoms with Crippen LogP contribution < -0.4 is 5.32 Å². The number of H-pyrrole nitrogens is 1. The highest BCUT2D eigenvalue weighted by atomic mass is 16.1. The molecule has 0 radical (unpaired) electrons. The number of likely N-dealkylation sites (N-methyl/N-ethyl adjacent to an activating group) is 1. The molecule has 2 aromatic rings. The molecular formula is C20H27N3O2. The molecule has 0 bridgehead atoms. The second kappa shape index (κ2) is 7.66. The van der Waals surface area contributed by atoms with Crippen molar-refractivity contribution in [3.63, 3.8) is 0 Å². The van der Waals surface area contributed by atoms with Crippen LogP contribution in [0.25, 0.3) is 0 Å². The molecule has 0 aliphatic heterocycles. The molecule has 1 amide bonds. The number of hydrogen-bond donors (Lipinski definition) is 2. The van der Waals surface area contributed by atoms with Gasteiger partial charge in [-0.05, 0) is 51.6 Å². The Morgan fingerprint density at radius 1 is 1.16 bits per heavy atom. The number of amides is 1. The van der Waals surface area contributed by atoms with Gasteiger partial charge in [0.1, 0.15) is 0 Å². The van der Waals surface area contributed by atoms with Crippen LogP contribution in [0.15, 0.2) is 24.3 Å². The van der Waals surface area contributed by atoms with E-state index in [4.69, 9.17) is 0 Å². The third-order valence-corrected chi connectivity index (χ3v) is 4.64. The Balaban J connectivity index is 2.21. The van der Waals surface area contributed by atoms with Crippen molar-refractivity contribution in [2.75, 3.05) is 20.6 Å². The summed E-state index contributed by atoms with van der Waals surface area (Å²) in [4.78, 5) is 29.5. The molecule has 1 heterocycles. The molecule has 5 nitrogen and oxygen atoms in total. The zero-order valence-corrected chi connectivity index (χ0v) is 15.9. The highest BCUT2D eigenvalue weighted by Crippen LogP contribution is 2.22. The summed E-state index contributed by atoms with van der Waals surface area (Å²) in [7, 11) is 4.01. The van der Waals surface area contributed by atoms with Crippen LogP contribution in [0, 0.1) is 20.8 Å². The molecule has 0 aliphatic carbocycles. The van der Waals surface area contributed by atoms with Crippen LogP contribution in [0.5, 0.6) is 0 Å². The second-order valence-corrected chi connectivity index (χ2v) is 6.73. The molecule has 2 N–H and O–H groups in total. The van der Waals surface area contributed by atoms with Gasteiger partial charge in [-0.3, -0.25) is 9.59 Å². The summed E-state index contributed by atoms with van der Waals surface area (Å²) in [6, 6.07) is 8.28. The van der Waals surface area contributed by atoms with Crippen LogP contribution in [-0.2, 0) is 0 Å². The number of ketones is 1. The maximum atomic E-state index is 12.7.